The van der Waals surface area contributed by atoms with Crippen LogP contribution >= 0.6 is 0 Å². The fraction of sp³-hybridized carbons (Fsp3) is 0.538. The van der Waals surface area contributed by atoms with Crippen LogP contribution in [0.25, 0.3) is 0 Å². The van der Waals surface area contributed by atoms with Gasteiger partial charge in [-0.05, 0) is 37.3 Å². The second-order valence-corrected chi connectivity index (χ2v) is 6.86. The molecule has 2 rings (SSSR count). The minimum atomic E-state index is -3.81. The van der Waals surface area contributed by atoms with E-state index in [9.17, 15) is 13.5 Å². The lowest BCUT2D eigenvalue weighted by Crippen LogP contribution is -2.25. The maximum absolute atomic E-state index is 11.4. The number of primary sulfonamides is 1. The molecule has 1 aliphatic carbocycles. The molecule has 1 aromatic carbocycles. The van der Waals surface area contributed by atoms with Crippen LogP contribution in [-0.4, -0.2) is 26.2 Å². The summed E-state index contributed by atoms with van der Waals surface area (Å²) in [6.07, 6.45) is 3.46. The Morgan fingerprint density at radius 3 is 2.75 bits per heavy atom. The Morgan fingerprint density at radius 1 is 1.35 bits per heavy atom. The van der Waals surface area contributed by atoms with E-state index >= 15 is 0 Å². The molecule has 0 aromatic heterocycles. The number of aliphatic hydroxyl groups excluding tert-OH is 1. The predicted octanol–water partition coefficient (Wildman–Crippen LogP) is 0.879. The average Bonchev–Trinajstić information content (AvgIpc) is 2.36. The van der Waals surface area contributed by atoms with Gasteiger partial charge in [0.1, 0.15) is 4.90 Å². The summed E-state index contributed by atoms with van der Waals surface area (Å²) < 4.78 is 22.8. The van der Waals surface area contributed by atoms with Gasteiger partial charge in [0.05, 0.1) is 17.5 Å². The fourth-order valence-corrected chi connectivity index (χ4v) is 3.33. The van der Waals surface area contributed by atoms with E-state index in [0.717, 1.165) is 25.7 Å². The van der Waals surface area contributed by atoms with Gasteiger partial charge in [0.25, 0.3) is 0 Å². The normalized spacial score (nSPS) is 23.5. The van der Waals surface area contributed by atoms with Crippen molar-refractivity contribution in [1.29, 1.82) is 0 Å². The lowest BCUT2D eigenvalue weighted by atomic mass is 9.87. The number of hydrogen-bond donors (Lipinski definition) is 4. The maximum atomic E-state index is 11.4. The summed E-state index contributed by atoms with van der Waals surface area (Å²) in [7, 11) is -3.81. The summed E-state index contributed by atoms with van der Waals surface area (Å²) in [6, 6.07) is 4.72. The van der Waals surface area contributed by atoms with Crippen molar-refractivity contribution in [1.82, 2.24) is 0 Å². The molecule has 112 valence electrons. The number of sulfonamides is 1. The monoisotopic (exact) mass is 299 g/mol. The van der Waals surface area contributed by atoms with Crippen molar-refractivity contribution < 1.29 is 13.5 Å². The van der Waals surface area contributed by atoms with E-state index in [2.05, 4.69) is 5.32 Å². The van der Waals surface area contributed by atoms with Crippen LogP contribution in [0.3, 0.4) is 0 Å². The number of nitrogens with one attached hydrogen (secondary N) is 1. The molecule has 0 spiro atoms. The summed E-state index contributed by atoms with van der Waals surface area (Å²) in [5.41, 5.74) is 6.55. The van der Waals surface area contributed by atoms with E-state index in [4.69, 9.17) is 10.9 Å². The van der Waals surface area contributed by atoms with Gasteiger partial charge in [0, 0.05) is 6.54 Å². The van der Waals surface area contributed by atoms with Crippen LogP contribution in [0.2, 0.25) is 0 Å². The average molecular weight is 299 g/mol. The summed E-state index contributed by atoms with van der Waals surface area (Å²) in [6.45, 7) is 0.662. The van der Waals surface area contributed by atoms with Crippen LogP contribution in [0.5, 0.6) is 0 Å². The number of nitrogen functional groups attached to an aromatic ring is 1. The number of benzene rings is 1. The molecule has 2 atom stereocenters. The number of nitrogens with two attached hydrogens (primary N) is 2. The Hall–Kier alpha value is -1.31. The minimum absolute atomic E-state index is 0.0637. The van der Waals surface area contributed by atoms with Crippen LogP contribution in [0, 0.1) is 5.92 Å². The molecule has 20 heavy (non-hydrogen) atoms. The molecule has 1 aliphatic rings. The summed E-state index contributed by atoms with van der Waals surface area (Å²) in [5.74, 6) is 0.372. The van der Waals surface area contributed by atoms with Gasteiger partial charge in [-0.2, -0.15) is 0 Å². The van der Waals surface area contributed by atoms with Gasteiger partial charge in [-0.3, -0.25) is 0 Å². The molecule has 7 heteroatoms. The first-order valence-corrected chi connectivity index (χ1v) is 8.26. The number of anilines is 2. The lowest BCUT2D eigenvalue weighted by Gasteiger charge is -2.26. The van der Waals surface area contributed by atoms with Gasteiger partial charge < -0.3 is 16.2 Å². The van der Waals surface area contributed by atoms with Crippen molar-refractivity contribution in [3.8, 4) is 0 Å². The molecule has 0 saturated heterocycles. The van der Waals surface area contributed by atoms with Crippen LogP contribution in [0.15, 0.2) is 23.1 Å². The SMILES string of the molecule is Nc1c(NCC2CCCC(O)C2)cccc1S(N)(=O)=O. The van der Waals surface area contributed by atoms with Gasteiger partial charge >= 0.3 is 0 Å². The number of para-hydroxylation sites is 1. The third kappa shape index (κ3) is 3.62. The van der Waals surface area contributed by atoms with Crippen LogP contribution < -0.4 is 16.2 Å². The first kappa shape index (κ1) is 15.1. The zero-order valence-corrected chi connectivity index (χ0v) is 12.1. The third-order valence-electron chi connectivity index (χ3n) is 3.71. The van der Waals surface area contributed by atoms with E-state index in [-0.39, 0.29) is 16.7 Å². The molecule has 1 saturated carbocycles. The second kappa shape index (κ2) is 5.99. The van der Waals surface area contributed by atoms with Gasteiger partial charge in [-0.1, -0.05) is 12.5 Å². The maximum Gasteiger partial charge on any atom is 0.240 e. The number of rotatable bonds is 4. The van der Waals surface area contributed by atoms with Crippen LogP contribution in [-0.2, 0) is 10.0 Å². The standard InChI is InChI=1S/C13H21N3O3S/c14-13-11(5-2-6-12(13)20(15,18)19)16-8-9-3-1-4-10(17)7-9/h2,5-6,9-10,16-17H,1,3-4,7-8,14H2,(H2,15,18,19). The first-order chi connectivity index (χ1) is 9.38. The summed E-state index contributed by atoms with van der Waals surface area (Å²) >= 11 is 0. The molecule has 2 unspecified atom stereocenters. The summed E-state index contributed by atoms with van der Waals surface area (Å²) in [5, 5.41) is 17.9. The third-order valence-corrected chi connectivity index (χ3v) is 4.68. The van der Waals surface area contributed by atoms with Gasteiger partial charge in [0.2, 0.25) is 10.0 Å². The molecule has 0 heterocycles. The molecule has 0 aliphatic heterocycles. The van der Waals surface area contributed by atoms with Crippen molar-refractivity contribution in [2.45, 2.75) is 36.7 Å². The van der Waals surface area contributed by atoms with Crippen LogP contribution in [0.4, 0.5) is 11.4 Å². The van der Waals surface area contributed by atoms with Crippen molar-refractivity contribution in [3.05, 3.63) is 18.2 Å². The highest BCUT2D eigenvalue weighted by atomic mass is 32.2. The first-order valence-electron chi connectivity index (χ1n) is 6.71. The fourth-order valence-electron chi connectivity index (χ4n) is 2.65. The Labute approximate surface area is 119 Å². The zero-order valence-electron chi connectivity index (χ0n) is 11.2. The Morgan fingerprint density at radius 2 is 2.10 bits per heavy atom. The molecule has 6 nitrogen and oxygen atoms in total. The zero-order chi connectivity index (χ0) is 14.8. The highest BCUT2D eigenvalue weighted by molar-refractivity contribution is 7.89. The van der Waals surface area contributed by atoms with Gasteiger partial charge in [0.15, 0.2) is 0 Å². The number of aliphatic hydroxyl groups is 1. The molecular formula is C13H21N3O3S. The second-order valence-electron chi connectivity index (χ2n) is 5.33. The van der Waals surface area contributed by atoms with E-state index in [1.54, 1.807) is 12.1 Å². The van der Waals surface area contributed by atoms with Gasteiger partial charge in [-0.15, -0.1) is 0 Å². The smallest absolute Gasteiger partial charge is 0.240 e. The van der Waals surface area contributed by atoms with E-state index < -0.39 is 10.0 Å². The molecule has 0 amide bonds. The number of hydrogen-bond acceptors (Lipinski definition) is 5. The quantitative estimate of drug-likeness (QED) is 0.615. The van der Waals surface area contributed by atoms with Gasteiger partial charge in [-0.25, -0.2) is 13.6 Å². The lowest BCUT2D eigenvalue weighted by molar-refractivity contribution is 0.105. The molecule has 0 radical (unpaired) electrons. The Bertz CT molecular complexity index is 574. The molecule has 1 fully saturated rings. The van der Waals surface area contributed by atoms with E-state index in [1.165, 1.54) is 6.07 Å². The van der Waals surface area contributed by atoms with Crippen molar-refractivity contribution in [2.75, 3.05) is 17.6 Å². The molecular weight excluding hydrogens is 278 g/mol. The highest BCUT2D eigenvalue weighted by Gasteiger charge is 2.20. The topological polar surface area (TPSA) is 118 Å². The van der Waals surface area contributed by atoms with E-state index in [0.29, 0.717) is 18.2 Å². The minimum Gasteiger partial charge on any atom is -0.396 e. The van der Waals surface area contributed by atoms with Crippen LogP contribution in [0.1, 0.15) is 25.7 Å². The van der Waals surface area contributed by atoms with E-state index in [1.807, 2.05) is 0 Å². The molecule has 1 aromatic rings. The Balaban J connectivity index is 2.07. The van der Waals surface area contributed by atoms with Crippen molar-refractivity contribution in [3.63, 3.8) is 0 Å². The summed E-state index contributed by atoms with van der Waals surface area (Å²) in [4.78, 5) is -0.0637. The largest absolute Gasteiger partial charge is 0.396 e. The highest BCUT2D eigenvalue weighted by Crippen LogP contribution is 2.28. The Kier molecular flexibility index (Phi) is 4.52. The molecule has 6 N–H and O–H groups in total. The molecule has 0 bridgehead atoms. The predicted molar refractivity (Wildman–Crippen MR) is 78.7 cm³/mol. The van der Waals surface area contributed by atoms with Crippen molar-refractivity contribution in [2.24, 2.45) is 11.1 Å². The van der Waals surface area contributed by atoms with Crippen molar-refractivity contribution >= 4 is 21.4 Å².